The van der Waals surface area contributed by atoms with Crippen molar-refractivity contribution in [2.24, 2.45) is 5.92 Å². The summed E-state index contributed by atoms with van der Waals surface area (Å²) in [5.74, 6) is 0.918. The van der Waals surface area contributed by atoms with Crippen LogP contribution in [-0.4, -0.2) is 13.0 Å². The van der Waals surface area contributed by atoms with E-state index < -0.39 is 0 Å². The lowest BCUT2D eigenvalue weighted by atomic mass is 9.86. The smallest absolute Gasteiger partial charge is 0.224 e. The first-order valence-corrected chi connectivity index (χ1v) is 7.82. The molecule has 0 radical (unpaired) electrons. The molecule has 0 atom stereocenters. The molecule has 1 saturated carbocycles. The van der Waals surface area contributed by atoms with Gasteiger partial charge >= 0.3 is 0 Å². The van der Waals surface area contributed by atoms with Crippen LogP contribution < -0.4 is 10.6 Å². The lowest BCUT2D eigenvalue weighted by molar-refractivity contribution is -0.116. The molecule has 1 aliphatic rings. The van der Waals surface area contributed by atoms with E-state index in [9.17, 15) is 4.79 Å². The number of hydrogen-bond donors (Lipinski definition) is 2. The fourth-order valence-electron chi connectivity index (χ4n) is 3.01. The summed E-state index contributed by atoms with van der Waals surface area (Å²) in [6, 6.07) is 8.00. The number of benzene rings is 1. The van der Waals surface area contributed by atoms with Gasteiger partial charge in [-0.05, 0) is 31.0 Å². The minimum absolute atomic E-state index is 0.152. The van der Waals surface area contributed by atoms with Crippen molar-refractivity contribution < 1.29 is 4.79 Å². The van der Waals surface area contributed by atoms with E-state index in [1.165, 1.54) is 32.1 Å². The summed E-state index contributed by atoms with van der Waals surface area (Å²) in [5, 5.41) is 6.19. The molecule has 3 heteroatoms. The number of anilines is 1. The molecule has 0 unspecified atom stereocenters. The maximum absolute atomic E-state index is 12.1. The zero-order chi connectivity index (χ0) is 14.2. The first kappa shape index (κ1) is 15.0. The molecule has 2 rings (SSSR count). The molecule has 0 saturated heterocycles. The van der Waals surface area contributed by atoms with Crippen LogP contribution in [0.5, 0.6) is 0 Å². The van der Waals surface area contributed by atoms with Gasteiger partial charge < -0.3 is 10.6 Å². The van der Waals surface area contributed by atoms with E-state index >= 15 is 0 Å². The van der Waals surface area contributed by atoms with Crippen molar-refractivity contribution in [3.63, 3.8) is 0 Å². The van der Waals surface area contributed by atoms with Crippen molar-refractivity contribution in [1.82, 2.24) is 5.32 Å². The van der Waals surface area contributed by atoms with Gasteiger partial charge in [0.2, 0.25) is 5.91 Å². The monoisotopic (exact) mass is 274 g/mol. The number of nitrogens with one attached hydrogen (secondary N) is 2. The van der Waals surface area contributed by atoms with E-state index in [0.717, 1.165) is 30.1 Å². The summed E-state index contributed by atoms with van der Waals surface area (Å²) < 4.78 is 0. The Morgan fingerprint density at radius 3 is 2.70 bits per heavy atom. The van der Waals surface area contributed by atoms with E-state index in [-0.39, 0.29) is 5.91 Å². The summed E-state index contributed by atoms with van der Waals surface area (Å²) in [7, 11) is 1.92. The van der Waals surface area contributed by atoms with Gasteiger partial charge in [0.15, 0.2) is 0 Å². The number of para-hydroxylation sites is 1. The number of carbonyl (C=O) groups is 1. The van der Waals surface area contributed by atoms with Crippen LogP contribution in [0, 0.1) is 5.92 Å². The summed E-state index contributed by atoms with van der Waals surface area (Å²) in [6.07, 6.45) is 8.38. The van der Waals surface area contributed by atoms with Crippen LogP contribution in [0.15, 0.2) is 24.3 Å². The van der Waals surface area contributed by atoms with Crippen LogP contribution in [0.3, 0.4) is 0 Å². The highest BCUT2D eigenvalue weighted by Gasteiger charge is 2.15. The Morgan fingerprint density at radius 2 is 1.95 bits per heavy atom. The Hall–Kier alpha value is -1.35. The Morgan fingerprint density at radius 1 is 1.20 bits per heavy atom. The van der Waals surface area contributed by atoms with Crippen molar-refractivity contribution in [2.75, 3.05) is 12.4 Å². The maximum Gasteiger partial charge on any atom is 0.224 e. The maximum atomic E-state index is 12.1. The molecule has 0 heterocycles. The lowest BCUT2D eigenvalue weighted by Crippen LogP contribution is -2.17. The van der Waals surface area contributed by atoms with Gasteiger partial charge in [-0.2, -0.15) is 0 Å². The third kappa shape index (κ3) is 4.64. The van der Waals surface area contributed by atoms with Gasteiger partial charge in [0.05, 0.1) is 0 Å². The van der Waals surface area contributed by atoms with Crippen LogP contribution in [0.2, 0.25) is 0 Å². The molecule has 2 N–H and O–H groups in total. The summed E-state index contributed by atoms with van der Waals surface area (Å²) >= 11 is 0. The molecule has 0 aromatic heterocycles. The fourth-order valence-corrected chi connectivity index (χ4v) is 3.01. The van der Waals surface area contributed by atoms with Gasteiger partial charge in [0.25, 0.3) is 0 Å². The zero-order valence-electron chi connectivity index (χ0n) is 12.5. The van der Waals surface area contributed by atoms with Crippen molar-refractivity contribution in [1.29, 1.82) is 0 Å². The number of carbonyl (C=O) groups excluding carboxylic acids is 1. The summed E-state index contributed by atoms with van der Waals surface area (Å²) in [4.78, 5) is 12.1. The second-order valence-electron chi connectivity index (χ2n) is 5.78. The topological polar surface area (TPSA) is 41.1 Å². The largest absolute Gasteiger partial charge is 0.326 e. The summed E-state index contributed by atoms with van der Waals surface area (Å²) in [6.45, 7) is 0.777. The molecule has 20 heavy (non-hydrogen) atoms. The van der Waals surface area contributed by atoms with E-state index in [2.05, 4.69) is 10.6 Å². The van der Waals surface area contributed by atoms with E-state index in [1.54, 1.807) is 0 Å². The lowest BCUT2D eigenvalue weighted by Gasteiger charge is -2.21. The van der Waals surface area contributed by atoms with Crippen molar-refractivity contribution in [3.8, 4) is 0 Å². The van der Waals surface area contributed by atoms with Gasteiger partial charge in [0.1, 0.15) is 0 Å². The minimum atomic E-state index is 0.152. The SMILES string of the molecule is CNCc1ccccc1NC(=O)CCC1CCCCC1. The number of hydrogen-bond acceptors (Lipinski definition) is 2. The molecule has 110 valence electrons. The van der Waals surface area contributed by atoms with Crippen LogP contribution in [-0.2, 0) is 11.3 Å². The van der Waals surface area contributed by atoms with Crippen molar-refractivity contribution >= 4 is 11.6 Å². The van der Waals surface area contributed by atoms with Gasteiger partial charge in [0, 0.05) is 18.7 Å². The fraction of sp³-hybridized carbons (Fsp3) is 0.588. The average Bonchev–Trinajstić information content (AvgIpc) is 2.49. The molecule has 1 aromatic carbocycles. The molecule has 1 aromatic rings. The zero-order valence-corrected chi connectivity index (χ0v) is 12.5. The molecule has 0 spiro atoms. The molecule has 3 nitrogen and oxygen atoms in total. The summed E-state index contributed by atoms with van der Waals surface area (Å²) in [5.41, 5.74) is 2.08. The molecule has 1 aliphatic carbocycles. The standard InChI is InChI=1S/C17H26N2O/c1-18-13-15-9-5-6-10-16(15)19-17(20)12-11-14-7-3-2-4-8-14/h5-6,9-10,14,18H,2-4,7-8,11-13H2,1H3,(H,19,20). The molecule has 1 fully saturated rings. The highest BCUT2D eigenvalue weighted by molar-refractivity contribution is 5.91. The Bertz CT molecular complexity index is 425. The minimum Gasteiger partial charge on any atom is -0.326 e. The van der Waals surface area contributed by atoms with Crippen LogP contribution in [0.25, 0.3) is 0 Å². The Balaban J connectivity index is 1.81. The van der Waals surface area contributed by atoms with E-state index in [0.29, 0.717) is 6.42 Å². The molecular weight excluding hydrogens is 248 g/mol. The second-order valence-corrected chi connectivity index (χ2v) is 5.78. The highest BCUT2D eigenvalue weighted by Crippen LogP contribution is 2.27. The van der Waals surface area contributed by atoms with Gasteiger partial charge in [-0.1, -0.05) is 50.3 Å². The number of rotatable bonds is 6. The van der Waals surface area contributed by atoms with Gasteiger partial charge in [-0.15, -0.1) is 0 Å². The van der Waals surface area contributed by atoms with Crippen molar-refractivity contribution in [3.05, 3.63) is 29.8 Å². The molecule has 0 aliphatic heterocycles. The van der Waals surface area contributed by atoms with Crippen LogP contribution in [0.4, 0.5) is 5.69 Å². The third-order valence-corrected chi connectivity index (χ3v) is 4.16. The third-order valence-electron chi connectivity index (χ3n) is 4.16. The molecule has 0 bridgehead atoms. The number of amides is 1. The van der Waals surface area contributed by atoms with E-state index in [1.807, 2.05) is 31.3 Å². The Labute approximate surface area is 122 Å². The highest BCUT2D eigenvalue weighted by atomic mass is 16.1. The first-order chi connectivity index (χ1) is 9.79. The predicted octanol–water partition coefficient (Wildman–Crippen LogP) is 3.71. The second kappa shape index (κ2) is 8.05. The van der Waals surface area contributed by atoms with Gasteiger partial charge in [-0.3, -0.25) is 4.79 Å². The Kier molecular flexibility index (Phi) is 6.06. The first-order valence-electron chi connectivity index (χ1n) is 7.82. The molecular formula is C17H26N2O. The van der Waals surface area contributed by atoms with Crippen LogP contribution >= 0.6 is 0 Å². The van der Waals surface area contributed by atoms with Gasteiger partial charge in [-0.25, -0.2) is 0 Å². The van der Waals surface area contributed by atoms with Crippen molar-refractivity contribution in [2.45, 2.75) is 51.5 Å². The quantitative estimate of drug-likeness (QED) is 0.830. The predicted molar refractivity (Wildman–Crippen MR) is 83.6 cm³/mol. The van der Waals surface area contributed by atoms with Crippen LogP contribution in [0.1, 0.15) is 50.5 Å². The molecule has 1 amide bonds. The normalized spacial score (nSPS) is 16.1. The average molecular weight is 274 g/mol. The van der Waals surface area contributed by atoms with E-state index in [4.69, 9.17) is 0 Å².